The van der Waals surface area contributed by atoms with E-state index in [4.69, 9.17) is 0 Å². The molecule has 2 N–H and O–H groups in total. The maximum absolute atomic E-state index is 13.5. The number of nitrogens with zero attached hydrogens (tertiary/aromatic N) is 4. The van der Waals surface area contributed by atoms with Gasteiger partial charge >= 0.3 is 0 Å². The molecule has 3 aromatic rings. The van der Waals surface area contributed by atoms with Gasteiger partial charge in [0.1, 0.15) is 11.9 Å². The summed E-state index contributed by atoms with van der Waals surface area (Å²) in [6.45, 7) is 1.66. The van der Waals surface area contributed by atoms with E-state index < -0.39 is 17.5 Å². The van der Waals surface area contributed by atoms with E-state index in [-0.39, 0.29) is 30.0 Å². The van der Waals surface area contributed by atoms with Crippen molar-refractivity contribution in [2.45, 2.75) is 57.9 Å². The predicted molar refractivity (Wildman–Crippen MR) is 129 cm³/mol. The first-order valence-corrected chi connectivity index (χ1v) is 12.0. The Bertz CT molecular complexity index is 1400. The Hall–Kier alpha value is -3.82. The van der Waals surface area contributed by atoms with Crippen LogP contribution in [0.4, 0.5) is 5.69 Å². The number of fused-ring (bicyclic) bond motifs is 2. The van der Waals surface area contributed by atoms with Crippen molar-refractivity contribution in [3.8, 4) is 0 Å². The topological polar surface area (TPSA) is 128 Å². The van der Waals surface area contributed by atoms with Crippen LogP contribution >= 0.6 is 0 Å². The van der Waals surface area contributed by atoms with Crippen molar-refractivity contribution >= 4 is 34.3 Å². The van der Waals surface area contributed by atoms with Crippen molar-refractivity contribution in [3.05, 3.63) is 51.8 Å². The number of hydrogen-bond acceptors (Lipinski definition) is 6. The first-order chi connectivity index (χ1) is 16.8. The molecule has 2 unspecified atom stereocenters. The average molecular weight is 477 g/mol. The molecule has 1 aliphatic heterocycles. The van der Waals surface area contributed by atoms with Crippen LogP contribution in [0.5, 0.6) is 0 Å². The summed E-state index contributed by atoms with van der Waals surface area (Å²) in [4.78, 5) is 54.9. The highest BCUT2D eigenvalue weighted by molar-refractivity contribution is 6.01. The van der Waals surface area contributed by atoms with Crippen molar-refractivity contribution in [2.24, 2.45) is 13.0 Å². The number of piperidine rings is 1. The van der Waals surface area contributed by atoms with Gasteiger partial charge in [-0.1, -0.05) is 6.07 Å². The Morgan fingerprint density at radius 1 is 1.20 bits per heavy atom. The van der Waals surface area contributed by atoms with Crippen molar-refractivity contribution in [1.29, 1.82) is 0 Å². The number of nitrogens with one attached hydrogen (secondary N) is 2. The Labute approximate surface area is 201 Å². The van der Waals surface area contributed by atoms with Crippen LogP contribution in [0.25, 0.3) is 10.9 Å². The number of hydrogen-bond donors (Lipinski definition) is 2. The lowest BCUT2D eigenvalue weighted by molar-refractivity contribution is -0.135. The van der Waals surface area contributed by atoms with Gasteiger partial charge in [0.05, 0.1) is 22.8 Å². The van der Waals surface area contributed by atoms with Gasteiger partial charge in [0, 0.05) is 25.6 Å². The van der Waals surface area contributed by atoms with Crippen LogP contribution in [0.3, 0.4) is 0 Å². The van der Waals surface area contributed by atoms with E-state index in [1.54, 1.807) is 25.1 Å². The van der Waals surface area contributed by atoms with Crippen LogP contribution in [0.15, 0.2) is 29.2 Å². The number of anilines is 1. The molecule has 0 bridgehead atoms. The van der Waals surface area contributed by atoms with E-state index in [0.717, 1.165) is 25.7 Å². The van der Waals surface area contributed by atoms with Gasteiger partial charge in [-0.05, 0) is 62.6 Å². The minimum Gasteiger partial charge on any atom is -0.325 e. The summed E-state index contributed by atoms with van der Waals surface area (Å²) in [6.07, 6.45) is 6.31. The number of benzene rings is 1. The third-order valence-corrected chi connectivity index (χ3v) is 7.13. The summed E-state index contributed by atoms with van der Waals surface area (Å²) >= 11 is 0. The Morgan fingerprint density at radius 2 is 2.03 bits per heavy atom. The molecule has 0 spiro atoms. The minimum atomic E-state index is -0.816. The van der Waals surface area contributed by atoms with Crippen molar-refractivity contribution in [3.63, 3.8) is 0 Å². The Morgan fingerprint density at radius 3 is 2.83 bits per heavy atom. The number of aryl methyl sites for hydroxylation is 3. The lowest BCUT2D eigenvalue weighted by Gasteiger charge is -2.24. The molecule has 3 amide bonds. The molecule has 182 valence electrons. The molecule has 5 rings (SSSR count). The molecule has 1 saturated heterocycles. The zero-order chi connectivity index (χ0) is 24.7. The fourth-order valence-electron chi connectivity index (χ4n) is 5.26. The van der Waals surface area contributed by atoms with Crippen LogP contribution < -0.4 is 16.2 Å². The third-order valence-electron chi connectivity index (χ3n) is 7.13. The van der Waals surface area contributed by atoms with Crippen molar-refractivity contribution < 1.29 is 14.4 Å². The van der Waals surface area contributed by atoms with Crippen molar-refractivity contribution in [2.75, 3.05) is 5.32 Å². The quantitative estimate of drug-likeness (QED) is 0.542. The highest BCUT2D eigenvalue weighted by atomic mass is 16.2. The van der Waals surface area contributed by atoms with Gasteiger partial charge in [-0.3, -0.25) is 33.7 Å². The largest absolute Gasteiger partial charge is 0.325 e. The molecule has 1 aromatic carbocycles. The van der Waals surface area contributed by atoms with Gasteiger partial charge in [0.15, 0.2) is 0 Å². The van der Waals surface area contributed by atoms with Gasteiger partial charge < -0.3 is 5.32 Å². The van der Waals surface area contributed by atoms with Crippen LogP contribution in [0.1, 0.15) is 55.2 Å². The third kappa shape index (κ3) is 4.36. The monoisotopic (exact) mass is 476 g/mol. The van der Waals surface area contributed by atoms with E-state index in [2.05, 4.69) is 20.7 Å². The van der Waals surface area contributed by atoms with Gasteiger partial charge in [0.2, 0.25) is 17.7 Å². The maximum Gasteiger partial charge on any atom is 0.264 e. The number of aromatic nitrogens is 4. The molecule has 0 radical (unpaired) electrons. The summed E-state index contributed by atoms with van der Waals surface area (Å²) in [6, 6.07) is 4.31. The Kier molecular flexibility index (Phi) is 5.96. The molecular formula is C25H28N6O4. The lowest BCUT2D eigenvalue weighted by atomic mass is 9.85. The van der Waals surface area contributed by atoms with Crippen LogP contribution in [0, 0.1) is 12.8 Å². The number of rotatable bonds is 5. The predicted octanol–water partition coefficient (Wildman–Crippen LogP) is 1.94. The number of imide groups is 1. The molecule has 10 heteroatoms. The lowest BCUT2D eigenvalue weighted by Crippen LogP contribution is -2.45. The van der Waals surface area contributed by atoms with E-state index in [1.807, 2.05) is 17.9 Å². The molecule has 2 aromatic heterocycles. The van der Waals surface area contributed by atoms with E-state index in [1.165, 1.54) is 15.8 Å². The molecule has 3 heterocycles. The number of carbonyl (C=O) groups is 3. The van der Waals surface area contributed by atoms with Gasteiger partial charge in [0.25, 0.3) is 5.56 Å². The van der Waals surface area contributed by atoms with E-state index in [9.17, 15) is 19.2 Å². The highest BCUT2D eigenvalue weighted by Gasteiger charge is 2.31. The van der Waals surface area contributed by atoms with Gasteiger partial charge in [-0.2, -0.15) is 5.10 Å². The zero-order valence-electron chi connectivity index (χ0n) is 19.8. The SMILES string of the molecule is Cc1nc2cccc(NC(=O)CCC3CCc4cnn(C)c4C3)c2c(=O)n1C1CCC(=O)NC1=O. The summed E-state index contributed by atoms with van der Waals surface area (Å²) in [7, 11) is 1.95. The normalized spacial score (nSPS) is 19.9. The standard InChI is InChI=1S/C25H28N6O4/c1-14-27-17-4-3-5-18(23(17)25(35)31(14)19-9-11-22(33)29-24(19)34)28-21(32)10-7-15-6-8-16-13-26-30(2)20(16)12-15/h3-5,13,15,19H,6-12H2,1-2H3,(H,28,32)(H,29,33,34). The van der Waals surface area contributed by atoms with Gasteiger partial charge in [-0.15, -0.1) is 0 Å². The number of amides is 3. The fourth-order valence-corrected chi connectivity index (χ4v) is 5.26. The second-order valence-corrected chi connectivity index (χ2v) is 9.44. The summed E-state index contributed by atoms with van der Waals surface area (Å²) in [5, 5.41) is 9.78. The first-order valence-electron chi connectivity index (χ1n) is 12.0. The van der Waals surface area contributed by atoms with Gasteiger partial charge in [-0.25, -0.2) is 4.98 Å². The van der Waals surface area contributed by atoms with E-state index >= 15 is 0 Å². The summed E-state index contributed by atoms with van der Waals surface area (Å²) in [5.74, 6) is -0.243. The maximum atomic E-state index is 13.5. The van der Waals surface area contributed by atoms with E-state index in [0.29, 0.717) is 29.4 Å². The minimum absolute atomic E-state index is 0.153. The summed E-state index contributed by atoms with van der Waals surface area (Å²) in [5.41, 5.74) is 2.95. The second-order valence-electron chi connectivity index (χ2n) is 9.44. The smallest absolute Gasteiger partial charge is 0.264 e. The molecule has 0 saturated carbocycles. The molecular weight excluding hydrogens is 448 g/mol. The molecule has 1 aliphatic carbocycles. The van der Waals surface area contributed by atoms with Crippen LogP contribution in [-0.4, -0.2) is 37.1 Å². The number of carbonyl (C=O) groups excluding carboxylic acids is 3. The Balaban J connectivity index is 1.35. The summed E-state index contributed by atoms with van der Waals surface area (Å²) < 4.78 is 3.24. The zero-order valence-corrected chi connectivity index (χ0v) is 19.8. The molecule has 35 heavy (non-hydrogen) atoms. The molecule has 2 atom stereocenters. The van der Waals surface area contributed by atoms with Crippen molar-refractivity contribution in [1.82, 2.24) is 24.6 Å². The average Bonchev–Trinajstić information content (AvgIpc) is 3.19. The molecule has 10 nitrogen and oxygen atoms in total. The second kappa shape index (κ2) is 9.09. The van der Waals surface area contributed by atoms with Crippen LogP contribution in [-0.2, 0) is 34.3 Å². The highest BCUT2D eigenvalue weighted by Crippen LogP contribution is 2.28. The molecule has 2 aliphatic rings. The fraction of sp³-hybridized carbons (Fsp3) is 0.440. The first kappa shape index (κ1) is 22.9. The molecule has 1 fully saturated rings. The van der Waals surface area contributed by atoms with Crippen LogP contribution in [0.2, 0.25) is 0 Å².